The lowest BCUT2D eigenvalue weighted by atomic mass is 10.3. The molecule has 1 heterocycles. The van der Waals surface area contributed by atoms with Gasteiger partial charge in [-0.15, -0.1) is 0 Å². The number of halogens is 2. The molecule has 0 saturated heterocycles. The molecule has 0 saturated carbocycles. The van der Waals surface area contributed by atoms with Crippen molar-refractivity contribution < 1.29 is 0 Å². The molecule has 0 unspecified atom stereocenters. The third-order valence-electron chi connectivity index (χ3n) is 2.12. The number of nitrogens with zero attached hydrogens (tertiary/aromatic N) is 1. The van der Waals surface area contributed by atoms with E-state index >= 15 is 0 Å². The summed E-state index contributed by atoms with van der Waals surface area (Å²) in [6.45, 7) is 0. The van der Waals surface area contributed by atoms with Crippen LogP contribution in [0.3, 0.4) is 0 Å². The highest BCUT2D eigenvalue weighted by atomic mass is 79.9. The predicted octanol–water partition coefficient (Wildman–Crippen LogP) is 3.53. The van der Waals surface area contributed by atoms with E-state index in [9.17, 15) is 0 Å². The highest BCUT2D eigenvalue weighted by molar-refractivity contribution is 9.10. The number of pyridine rings is 1. The van der Waals surface area contributed by atoms with E-state index in [1.807, 2.05) is 24.3 Å². The molecular formula is C11H10BrClN4. The second-order valence-electron chi connectivity index (χ2n) is 3.32. The van der Waals surface area contributed by atoms with Gasteiger partial charge in [-0.3, -0.25) is 0 Å². The van der Waals surface area contributed by atoms with Crippen molar-refractivity contribution in [2.45, 2.75) is 0 Å². The fourth-order valence-electron chi connectivity index (χ4n) is 1.34. The first-order valence-electron chi connectivity index (χ1n) is 4.84. The number of aromatic nitrogens is 1. The van der Waals surface area contributed by atoms with Gasteiger partial charge in [-0.2, -0.15) is 0 Å². The Morgan fingerprint density at radius 1 is 1.24 bits per heavy atom. The van der Waals surface area contributed by atoms with E-state index in [1.165, 1.54) is 0 Å². The molecule has 17 heavy (non-hydrogen) atoms. The van der Waals surface area contributed by atoms with Gasteiger partial charge in [0.15, 0.2) is 0 Å². The maximum absolute atomic E-state index is 5.94. The van der Waals surface area contributed by atoms with Crippen LogP contribution in [0.2, 0.25) is 5.02 Å². The molecule has 4 N–H and O–H groups in total. The summed E-state index contributed by atoms with van der Waals surface area (Å²) in [5.74, 6) is 5.89. The summed E-state index contributed by atoms with van der Waals surface area (Å²) >= 11 is 9.38. The average Bonchev–Trinajstić information content (AvgIpc) is 2.34. The Labute approximate surface area is 112 Å². The van der Waals surface area contributed by atoms with Gasteiger partial charge in [-0.1, -0.05) is 11.6 Å². The zero-order valence-corrected chi connectivity index (χ0v) is 11.1. The van der Waals surface area contributed by atoms with E-state index in [0.29, 0.717) is 10.8 Å². The summed E-state index contributed by atoms with van der Waals surface area (Å²) < 4.78 is 0.931. The number of nitrogens with one attached hydrogen (secondary N) is 2. The Balaban J connectivity index is 2.27. The largest absolute Gasteiger partial charge is 0.354 e. The number of benzene rings is 1. The Hall–Kier alpha value is -1.30. The minimum atomic E-state index is 0.591. The van der Waals surface area contributed by atoms with Gasteiger partial charge in [0.25, 0.3) is 0 Å². The third-order valence-corrected chi connectivity index (χ3v) is 3.04. The van der Waals surface area contributed by atoms with E-state index in [-0.39, 0.29) is 0 Å². The molecule has 0 fully saturated rings. The molecular weight excluding hydrogens is 304 g/mol. The van der Waals surface area contributed by atoms with Crippen LogP contribution in [0.15, 0.2) is 41.0 Å². The predicted molar refractivity (Wildman–Crippen MR) is 74.5 cm³/mol. The first-order chi connectivity index (χ1) is 8.19. The summed E-state index contributed by atoms with van der Waals surface area (Å²) in [5, 5.41) is 3.89. The molecule has 4 nitrogen and oxygen atoms in total. The summed E-state index contributed by atoms with van der Waals surface area (Å²) in [7, 11) is 0. The molecule has 0 aliphatic carbocycles. The van der Waals surface area contributed by atoms with E-state index in [1.54, 1.807) is 12.3 Å². The molecule has 88 valence electrons. The van der Waals surface area contributed by atoms with E-state index in [0.717, 1.165) is 15.8 Å². The van der Waals surface area contributed by atoms with Crippen LogP contribution in [0, 0.1) is 0 Å². The normalized spacial score (nSPS) is 10.1. The van der Waals surface area contributed by atoms with Crippen molar-refractivity contribution >= 4 is 44.7 Å². The van der Waals surface area contributed by atoms with Crippen LogP contribution in [0.25, 0.3) is 0 Å². The van der Waals surface area contributed by atoms with Crippen molar-refractivity contribution in [3.05, 3.63) is 46.0 Å². The van der Waals surface area contributed by atoms with Gasteiger partial charge in [0.2, 0.25) is 0 Å². The Kier molecular flexibility index (Phi) is 3.83. The highest BCUT2D eigenvalue weighted by Gasteiger charge is 2.02. The molecule has 1 aromatic carbocycles. The quantitative estimate of drug-likeness (QED) is 0.599. The first-order valence-corrected chi connectivity index (χ1v) is 6.01. The molecule has 0 spiro atoms. The Bertz CT molecular complexity index is 533. The maximum atomic E-state index is 5.94. The minimum absolute atomic E-state index is 0.591. The fraction of sp³-hybridized carbons (Fsp3) is 0. The number of nitrogen functional groups attached to an aromatic ring is 1. The lowest BCUT2D eigenvalue weighted by Crippen LogP contribution is -2.08. The number of hydrazine groups is 1. The number of nitrogens with two attached hydrogens (primary N) is 1. The zero-order chi connectivity index (χ0) is 12.3. The molecule has 2 rings (SSSR count). The summed E-state index contributed by atoms with van der Waals surface area (Å²) in [4.78, 5) is 4.03. The van der Waals surface area contributed by atoms with Crippen molar-refractivity contribution in [2.75, 3.05) is 10.7 Å². The first kappa shape index (κ1) is 12.2. The van der Waals surface area contributed by atoms with Gasteiger partial charge in [-0.05, 0) is 40.2 Å². The second kappa shape index (κ2) is 5.35. The number of rotatable bonds is 3. The van der Waals surface area contributed by atoms with Gasteiger partial charge in [0.1, 0.15) is 5.82 Å². The lowest BCUT2D eigenvalue weighted by Gasteiger charge is -2.09. The number of hydrogen-bond acceptors (Lipinski definition) is 4. The van der Waals surface area contributed by atoms with Gasteiger partial charge in [0.05, 0.1) is 5.69 Å². The fourth-order valence-corrected chi connectivity index (χ4v) is 1.85. The summed E-state index contributed by atoms with van der Waals surface area (Å²) in [6, 6.07) is 9.17. The van der Waals surface area contributed by atoms with Crippen LogP contribution in [0.1, 0.15) is 0 Å². The molecule has 0 aliphatic rings. The van der Waals surface area contributed by atoms with Crippen molar-refractivity contribution in [2.24, 2.45) is 5.84 Å². The summed E-state index contributed by atoms with van der Waals surface area (Å²) in [6.07, 6.45) is 1.66. The summed E-state index contributed by atoms with van der Waals surface area (Å²) in [5.41, 5.74) is 4.24. The van der Waals surface area contributed by atoms with Crippen molar-refractivity contribution in [1.82, 2.24) is 4.98 Å². The van der Waals surface area contributed by atoms with Crippen LogP contribution in [0.4, 0.5) is 17.2 Å². The Morgan fingerprint density at radius 2 is 2.06 bits per heavy atom. The molecule has 2 aromatic rings. The van der Waals surface area contributed by atoms with Crippen molar-refractivity contribution in [1.29, 1.82) is 0 Å². The smallest absolute Gasteiger partial charge is 0.141 e. The number of anilines is 3. The Morgan fingerprint density at radius 3 is 2.82 bits per heavy atom. The average molecular weight is 314 g/mol. The molecule has 6 heteroatoms. The van der Waals surface area contributed by atoms with Crippen LogP contribution >= 0.6 is 27.5 Å². The molecule has 0 bridgehead atoms. The molecule has 1 aromatic heterocycles. The van der Waals surface area contributed by atoms with Crippen LogP contribution in [-0.4, -0.2) is 4.98 Å². The van der Waals surface area contributed by atoms with Crippen molar-refractivity contribution in [3.63, 3.8) is 0 Å². The van der Waals surface area contributed by atoms with Gasteiger partial charge < -0.3 is 10.7 Å². The highest BCUT2D eigenvalue weighted by Crippen LogP contribution is 2.29. The zero-order valence-electron chi connectivity index (χ0n) is 8.74. The standard InChI is InChI=1S/C11H10BrClN4/c12-9-2-1-7(13)5-10(9)16-8-3-4-15-11(6-8)17-14/h1-6H,14H2,(H2,15,16,17). The van der Waals surface area contributed by atoms with E-state index in [2.05, 4.69) is 31.7 Å². The molecule has 0 radical (unpaired) electrons. The van der Waals surface area contributed by atoms with Gasteiger partial charge in [-0.25, -0.2) is 10.8 Å². The SMILES string of the molecule is NNc1cc(Nc2cc(Cl)ccc2Br)ccn1. The second-order valence-corrected chi connectivity index (χ2v) is 4.61. The van der Waals surface area contributed by atoms with E-state index in [4.69, 9.17) is 17.4 Å². The van der Waals surface area contributed by atoms with Gasteiger partial charge in [0, 0.05) is 27.4 Å². The number of hydrogen-bond donors (Lipinski definition) is 3. The lowest BCUT2D eigenvalue weighted by molar-refractivity contribution is 1.23. The van der Waals surface area contributed by atoms with Crippen LogP contribution < -0.4 is 16.6 Å². The maximum Gasteiger partial charge on any atom is 0.141 e. The minimum Gasteiger partial charge on any atom is -0.354 e. The topological polar surface area (TPSA) is 63.0 Å². The molecule has 0 atom stereocenters. The third kappa shape index (κ3) is 3.09. The molecule has 0 amide bonds. The van der Waals surface area contributed by atoms with Crippen molar-refractivity contribution in [3.8, 4) is 0 Å². The van der Waals surface area contributed by atoms with E-state index < -0.39 is 0 Å². The van der Waals surface area contributed by atoms with Crippen LogP contribution in [0.5, 0.6) is 0 Å². The van der Waals surface area contributed by atoms with Crippen LogP contribution in [-0.2, 0) is 0 Å². The molecule has 0 aliphatic heterocycles. The monoisotopic (exact) mass is 312 g/mol. The van der Waals surface area contributed by atoms with Gasteiger partial charge >= 0.3 is 0 Å².